The van der Waals surface area contributed by atoms with E-state index < -0.39 is 5.82 Å². The zero-order valence-electron chi connectivity index (χ0n) is 9.68. The minimum absolute atomic E-state index is 0.257. The predicted molar refractivity (Wildman–Crippen MR) is 66.6 cm³/mol. The molecule has 1 fully saturated rings. The Morgan fingerprint density at radius 1 is 1.28 bits per heavy atom. The Bertz CT molecular complexity index is 583. The highest BCUT2D eigenvalue weighted by atomic mass is 19.1. The van der Waals surface area contributed by atoms with Gasteiger partial charge in [-0.2, -0.15) is 0 Å². The van der Waals surface area contributed by atoms with Crippen LogP contribution in [0.4, 0.5) is 4.39 Å². The SMILES string of the molecule is N[C@H]1C[C@@H]1c1ccc(-c2ccc(F)c(O)c2)nc1. The largest absolute Gasteiger partial charge is 0.505 e. The van der Waals surface area contributed by atoms with Crippen molar-refractivity contribution in [3.05, 3.63) is 47.9 Å². The Hall–Kier alpha value is -1.94. The van der Waals surface area contributed by atoms with E-state index in [2.05, 4.69) is 4.98 Å². The summed E-state index contributed by atoms with van der Waals surface area (Å²) in [5, 5.41) is 9.33. The van der Waals surface area contributed by atoms with Gasteiger partial charge in [0.1, 0.15) is 0 Å². The number of aromatic nitrogens is 1. The fraction of sp³-hybridized carbons (Fsp3) is 0.214. The number of halogens is 1. The zero-order valence-corrected chi connectivity index (χ0v) is 9.68. The molecule has 1 saturated carbocycles. The van der Waals surface area contributed by atoms with Crippen molar-refractivity contribution in [1.29, 1.82) is 0 Å². The number of rotatable bonds is 2. The molecule has 1 heterocycles. The lowest BCUT2D eigenvalue weighted by atomic mass is 10.1. The van der Waals surface area contributed by atoms with Crippen LogP contribution in [0.25, 0.3) is 11.3 Å². The van der Waals surface area contributed by atoms with Crippen LogP contribution in [0.3, 0.4) is 0 Å². The van der Waals surface area contributed by atoms with Gasteiger partial charge in [-0.05, 0) is 36.2 Å². The van der Waals surface area contributed by atoms with Crippen molar-refractivity contribution in [2.24, 2.45) is 5.73 Å². The first kappa shape index (κ1) is 11.2. The van der Waals surface area contributed by atoms with Crippen LogP contribution in [0.1, 0.15) is 17.9 Å². The Morgan fingerprint density at radius 3 is 2.61 bits per heavy atom. The van der Waals surface area contributed by atoms with Crippen LogP contribution >= 0.6 is 0 Å². The van der Waals surface area contributed by atoms with Crippen molar-refractivity contribution in [3.8, 4) is 17.0 Å². The van der Waals surface area contributed by atoms with Gasteiger partial charge >= 0.3 is 0 Å². The summed E-state index contributed by atoms with van der Waals surface area (Å²) < 4.78 is 13.0. The molecule has 3 nitrogen and oxygen atoms in total. The summed E-state index contributed by atoms with van der Waals surface area (Å²) >= 11 is 0. The van der Waals surface area contributed by atoms with Crippen molar-refractivity contribution in [3.63, 3.8) is 0 Å². The maximum absolute atomic E-state index is 13.0. The molecule has 4 heteroatoms. The number of hydrogen-bond acceptors (Lipinski definition) is 3. The first-order chi connectivity index (χ1) is 8.65. The van der Waals surface area contributed by atoms with Crippen LogP contribution in [0, 0.1) is 5.82 Å². The molecule has 1 aliphatic carbocycles. The summed E-state index contributed by atoms with van der Waals surface area (Å²) in [6, 6.07) is 8.32. The summed E-state index contributed by atoms with van der Waals surface area (Å²) in [5.74, 6) is -0.560. The number of hydrogen-bond donors (Lipinski definition) is 2. The van der Waals surface area contributed by atoms with E-state index in [0.717, 1.165) is 12.0 Å². The van der Waals surface area contributed by atoms with Gasteiger partial charge < -0.3 is 10.8 Å². The monoisotopic (exact) mass is 244 g/mol. The molecule has 3 rings (SSSR count). The highest BCUT2D eigenvalue weighted by Gasteiger charge is 2.34. The summed E-state index contributed by atoms with van der Waals surface area (Å²) in [7, 11) is 0. The third kappa shape index (κ3) is 1.95. The smallest absolute Gasteiger partial charge is 0.164 e. The summed E-state index contributed by atoms with van der Waals surface area (Å²) in [6.07, 6.45) is 2.81. The van der Waals surface area contributed by atoms with Crippen LogP contribution in [0.2, 0.25) is 0 Å². The second-order valence-electron chi connectivity index (χ2n) is 4.65. The number of phenols is 1. The van der Waals surface area contributed by atoms with Crippen LogP contribution < -0.4 is 5.73 Å². The van der Waals surface area contributed by atoms with Gasteiger partial charge in [-0.15, -0.1) is 0 Å². The third-order valence-corrected chi connectivity index (χ3v) is 3.30. The van der Waals surface area contributed by atoms with E-state index in [9.17, 15) is 9.50 Å². The molecule has 0 aliphatic heterocycles. The molecule has 0 amide bonds. The number of benzene rings is 1. The lowest BCUT2D eigenvalue weighted by molar-refractivity contribution is 0.432. The van der Waals surface area contributed by atoms with E-state index in [4.69, 9.17) is 5.73 Å². The maximum atomic E-state index is 13.0. The van der Waals surface area contributed by atoms with Crippen molar-refractivity contribution in [2.75, 3.05) is 0 Å². The number of pyridine rings is 1. The minimum atomic E-state index is -0.626. The topological polar surface area (TPSA) is 59.1 Å². The summed E-state index contributed by atoms with van der Waals surface area (Å²) in [6.45, 7) is 0. The van der Waals surface area contributed by atoms with Crippen molar-refractivity contribution in [1.82, 2.24) is 4.98 Å². The standard InChI is InChI=1S/C14H13FN2O/c15-11-3-1-8(5-14(11)18)13-4-2-9(7-17-13)10-6-12(10)16/h1-5,7,10,12,18H,6,16H2/t10-,12+/m1/s1. The second-order valence-corrected chi connectivity index (χ2v) is 4.65. The van der Waals surface area contributed by atoms with E-state index in [-0.39, 0.29) is 11.8 Å². The summed E-state index contributed by atoms with van der Waals surface area (Å²) in [4.78, 5) is 4.33. The molecular weight excluding hydrogens is 231 g/mol. The molecule has 1 aliphatic rings. The van der Waals surface area contributed by atoms with Crippen LogP contribution in [-0.4, -0.2) is 16.1 Å². The number of phenolic OH excluding ortho intramolecular Hbond substituents is 1. The fourth-order valence-electron chi connectivity index (χ4n) is 2.07. The molecule has 2 aromatic rings. The van der Waals surface area contributed by atoms with Crippen LogP contribution in [0.15, 0.2) is 36.5 Å². The molecule has 0 unspecified atom stereocenters. The zero-order chi connectivity index (χ0) is 12.7. The first-order valence-electron chi connectivity index (χ1n) is 5.85. The lowest BCUT2D eigenvalue weighted by Crippen LogP contribution is -2.01. The molecule has 2 atom stereocenters. The van der Waals surface area contributed by atoms with E-state index in [1.54, 1.807) is 12.3 Å². The molecule has 0 saturated heterocycles. The van der Waals surface area contributed by atoms with Gasteiger partial charge in [0.25, 0.3) is 0 Å². The van der Waals surface area contributed by atoms with Gasteiger partial charge in [0.05, 0.1) is 5.69 Å². The van der Waals surface area contributed by atoms with Gasteiger partial charge in [0.15, 0.2) is 11.6 Å². The van der Waals surface area contributed by atoms with Crippen LogP contribution in [0.5, 0.6) is 5.75 Å². The molecule has 18 heavy (non-hydrogen) atoms. The molecule has 0 radical (unpaired) electrons. The van der Waals surface area contributed by atoms with Crippen molar-refractivity contribution in [2.45, 2.75) is 18.4 Å². The molecule has 1 aromatic heterocycles. The molecule has 92 valence electrons. The van der Waals surface area contributed by atoms with Gasteiger partial charge in [-0.3, -0.25) is 4.98 Å². The van der Waals surface area contributed by atoms with Crippen molar-refractivity contribution < 1.29 is 9.50 Å². The maximum Gasteiger partial charge on any atom is 0.164 e. The summed E-state index contributed by atoms with van der Waals surface area (Å²) in [5.41, 5.74) is 8.32. The second kappa shape index (κ2) is 4.07. The Morgan fingerprint density at radius 2 is 2.06 bits per heavy atom. The van der Waals surface area contributed by atoms with E-state index in [1.165, 1.54) is 12.1 Å². The Balaban J connectivity index is 1.89. The van der Waals surface area contributed by atoms with Gasteiger partial charge in [-0.25, -0.2) is 4.39 Å². The Kier molecular flexibility index (Phi) is 2.52. The average molecular weight is 244 g/mol. The number of aromatic hydroxyl groups is 1. The van der Waals surface area contributed by atoms with Crippen molar-refractivity contribution >= 4 is 0 Å². The number of nitrogens with two attached hydrogens (primary N) is 1. The Labute approximate surface area is 104 Å². The fourth-order valence-corrected chi connectivity index (χ4v) is 2.07. The molecule has 1 aromatic carbocycles. The molecular formula is C14H13FN2O. The first-order valence-corrected chi connectivity index (χ1v) is 5.85. The quantitative estimate of drug-likeness (QED) is 0.852. The minimum Gasteiger partial charge on any atom is -0.505 e. The highest BCUT2D eigenvalue weighted by molar-refractivity contribution is 5.61. The van der Waals surface area contributed by atoms with Gasteiger partial charge in [-0.1, -0.05) is 6.07 Å². The third-order valence-electron chi connectivity index (χ3n) is 3.30. The predicted octanol–water partition coefficient (Wildman–Crippen LogP) is 2.41. The van der Waals surface area contributed by atoms with Gasteiger partial charge in [0, 0.05) is 23.7 Å². The van der Waals surface area contributed by atoms with E-state index in [1.807, 2.05) is 12.1 Å². The lowest BCUT2D eigenvalue weighted by Gasteiger charge is -2.04. The normalized spacial score (nSPS) is 21.9. The van der Waals surface area contributed by atoms with E-state index in [0.29, 0.717) is 17.2 Å². The average Bonchev–Trinajstić information content (AvgIpc) is 3.10. The molecule has 0 spiro atoms. The van der Waals surface area contributed by atoms with E-state index >= 15 is 0 Å². The number of nitrogens with zero attached hydrogens (tertiary/aromatic N) is 1. The molecule has 0 bridgehead atoms. The van der Waals surface area contributed by atoms with Crippen LogP contribution in [-0.2, 0) is 0 Å². The highest BCUT2D eigenvalue weighted by Crippen LogP contribution is 2.38. The molecule has 3 N–H and O–H groups in total. The van der Waals surface area contributed by atoms with Gasteiger partial charge in [0.2, 0.25) is 0 Å².